The predicted octanol–water partition coefficient (Wildman–Crippen LogP) is 5.43. The van der Waals surface area contributed by atoms with E-state index in [1.807, 2.05) is 88.4 Å². The number of aromatic hydroxyl groups is 1. The van der Waals surface area contributed by atoms with Crippen molar-refractivity contribution in [2.75, 3.05) is 0 Å². The lowest BCUT2D eigenvalue weighted by molar-refractivity contribution is 0.101. The van der Waals surface area contributed by atoms with E-state index in [1.165, 1.54) is 0 Å². The van der Waals surface area contributed by atoms with Gasteiger partial charge in [-0.2, -0.15) is 0 Å². The van der Waals surface area contributed by atoms with Crippen molar-refractivity contribution in [2.24, 2.45) is 4.99 Å². The van der Waals surface area contributed by atoms with Gasteiger partial charge in [-0.05, 0) is 5.56 Å². The molecular weight excluding hydrogens is 324 g/mol. The third-order valence-electron chi connectivity index (χ3n) is 3.75. The summed E-state index contributed by atoms with van der Waals surface area (Å²) in [6.45, 7) is 8.00. The second-order valence-electron chi connectivity index (χ2n) is 5.10. The molecule has 2 N–H and O–H groups in total. The van der Waals surface area contributed by atoms with Crippen LogP contribution in [-0.2, 0) is 0 Å². The fourth-order valence-corrected chi connectivity index (χ4v) is 2.77. The highest BCUT2D eigenvalue weighted by molar-refractivity contribution is 6.30. The molecular formula is C22H24N2O2. The Hall–Kier alpha value is -3.14. The molecule has 4 nitrogen and oxygen atoms in total. The summed E-state index contributed by atoms with van der Waals surface area (Å²) in [6.07, 6.45) is 0. The van der Waals surface area contributed by atoms with Crippen LogP contribution in [0.3, 0.4) is 0 Å². The van der Waals surface area contributed by atoms with Gasteiger partial charge >= 0.3 is 0 Å². The predicted molar refractivity (Wildman–Crippen MR) is 107 cm³/mol. The maximum atomic E-state index is 12.3. The molecule has 3 aromatic rings. The van der Waals surface area contributed by atoms with Crippen molar-refractivity contribution in [1.82, 2.24) is 4.98 Å². The number of hydrogen-bond acceptors (Lipinski definition) is 2. The summed E-state index contributed by atoms with van der Waals surface area (Å²) in [5.74, 6) is -0.355. The van der Waals surface area contributed by atoms with E-state index >= 15 is 0 Å². The molecule has 4 heteroatoms. The lowest BCUT2D eigenvalue weighted by atomic mass is 10.0. The van der Waals surface area contributed by atoms with Gasteiger partial charge < -0.3 is 10.1 Å². The van der Waals surface area contributed by atoms with E-state index < -0.39 is 0 Å². The van der Waals surface area contributed by atoms with Gasteiger partial charge in [0.25, 0.3) is 5.91 Å². The van der Waals surface area contributed by atoms with Gasteiger partial charge in [0.15, 0.2) is 5.88 Å². The van der Waals surface area contributed by atoms with Gasteiger partial charge in [-0.3, -0.25) is 4.79 Å². The summed E-state index contributed by atoms with van der Waals surface area (Å²) in [4.78, 5) is 19.4. The fraction of sp³-hybridized carbons (Fsp3) is 0.182. The maximum Gasteiger partial charge on any atom is 0.280 e. The molecule has 0 radical (unpaired) electrons. The number of aromatic nitrogens is 1. The lowest BCUT2D eigenvalue weighted by Gasteiger charge is -2.00. The van der Waals surface area contributed by atoms with Gasteiger partial charge in [0.2, 0.25) is 0 Å². The largest absolute Gasteiger partial charge is 0.494 e. The monoisotopic (exact) mass is 348 g/mol. The molecule has 0 fully saturated rings. The smallest absolute Gasteiger partial charge is 0.280 e. The number of benzene rings is 2. The Labute approximate surface area is 154 Å². The average Bonchev–Trinajstić information content (AvgIpc) is 3.25. The SMILES string of the molecule is CC.CC.O=C1N=C(c2ccccc2)c2c(O)[nH]c(-c3ccccc3)c21. The highest BCUT2D eigenvalue weighted by Crippen LogP contribution is 2.37. The Morgan fingerprint density at radius 2 is 1.27 bits per heavy atom. The standard InChI is InChI=1S/C18H12N2O2.2C2H6/c21-17-13-14(16(20-17)12-9-5-2-6-10-12)18(22)19-15(13)11-7-3-1-4-8-11;2*1-2/h1-10,19,22H;2*1-2H3. The first-order valence-electron chi connectivity index (χ1n) is 8.95. The van der Waals surface area contributed by atoms with Gasteiger partial charge in [-0.1, -0.05) is 88.4 Å². The normalized spacial score (nSPS) is 11.5. The zero-order valence-electron chi connectivity index (χ0n) is 15.6. The minimum absolute atomic E-state index is 0.0256. The Morgan fingerprint density at radius 1 is 0.769 bits per heavy atom. The first-order chi connectivity index (χ1) is 12.8. The van der Waals surface area contributed by atoms with Crippen LogP contribution in [0.25, 0.3) is 11.3 Å². The zero-order valence-corrected chi connectivity index (χ0v) is 15.6. The number of aliphatic imine (C=N–C) groups is 1. The molecule has 1 amide bonds. The molecule has 4 rings (SSSR count). The molecule has 0 aliphatic carbocycles. The summed E-state index contributed by atoms with van der Waals surface area (Å²) in [7, 11) is 0. The van der Waals surface area contributed by atoms with E-state index in [4.69, 9.17) is 0 Å². The molecule has 1 aliphatic heterocycles. The topological polar surface area (TPSA) is 65.4 Å². The third-order valence-corrected chi connectivity index (χ3v) is 3.75. The van der Waals surface area contributed by atoms with E-state index in [9.17, 15) is 9.90 Å². The van der Waals surface area contributed by atoms with Gasteiger partial charge in [0.1, 0.15) is 0 Å². The number of carbonyl (C=O) groups is 1. The maximum absolute atomic E-state index is 12.3. The first-order valence-corrected chi connectivity index (χ1v) is 8.95. The van der Waals surface area contributed by atoms with Gasteiger partial charge in [0.05, 0.1) is 22.5 Å². The molecule has 0 unspecified atom stereocenters. The highest BCUT2D eigenvalue weighted by Gasteiger charge is 2.33. The van der Waals surface area contributed by atoms with Crippen LogP contribution in [0.4, 0.5) is 0 Å². The molecule has 0 spiro atoms. The summed E-state index contributed by atoms with van der Waals surface area (Å²) in [6, 6.07) is 18.8. The van der Waals surface area contributed by atoms with Crippen molar-refractivity contribution in [1.29, 1.82) is 0 Å². The van der Waals surface area contributed by atoms with Crippen molar-refractivity contribution in [3.05, 3.63) is 77.4 Å². The fourth-order valence-electron chi connectivity index (χ4n) is 2.77. The number of amides is 1. The third kappa shape index (κ3) is 3.45. The van der Waals surface area contributed by atoms with Crippen molar-refractivity contribution >= 4 is 11.6 Å². The lowest BCUT2D eigenvalue weighted by Crippen LogP contribution is -1.99. The number of nitrogens with one attached hydrogen (secondary N) is 1. The quantitative estimate of drug-likeness (QED) is 0.648. The molecule has 0 bridgehead atoms. The van der Waals surface area contributed by atoms with Gasteiger partial charge in [-0.25, -0.2) is 4.99 Å². The number of rotatable bonds is 2. The number of aromatic amines is 1. The molecule has 2 heterocycles. The zero-order chi connectivity index (χ0) is 19.1. The van der Waals surface area contributed by atoms with Gasteiger partial charge in [0, 0.05) is 5.56 Å². The van der Waals surface area contributed by atoms with E-state index in [0.29, 0.717) is 22.5 Å². The van der Waals surface area contributed by atoms with Crippen molar-refractivity contribution in [3.8, 4) is 17.1 Å². The van der Waals surface area contributed by atoms with E-state index in [1.54, 1.807) is 0 Å². The van der Waals surface area contributed by atoms with Crippen molar-refractivity contribution in [3.63, 3.8) is 0 Å². The molecule has 0 atom stereocenters. The van der Waals surface area contributed by atoms with Crippen molar-refractivity contribution < 1.29 is 9.90 Å². The van der Waals surface area contributed by atoms with Crippen LogP contribution in [0.2, 0.25) is 0 Å². The van der Waals surface area contributed by atoms with E-state index in [2.05, 4.69) is 9.98 Å². The number of carbonyl (C=O) groups excluding carboxylic acids is 1. The summed E-state index contributed by atoms with van der Waals surface area (Å²) in [5, 5.41) is 10.3. The molecule has 0 saturated heterocycles. The first kappa shape index (κ1) is 19.2. The van der Waals surface area contributed by atoms with E-state index in [-0.39, 0.29) is 11.8 Å². The summed E-state index contributed by atoms with van der Waals surface area (Å²) < 4.78 is 0. The Bertz CT molecular complexity index is 895. The summed E-state index contributed by atoms with van der Waals surface area (Å²) in [5.41, 5.74) is 3.68. The molecule has 1 aromatic heterocycles. The number of fused-ring (bicyclic) bond motifs is 1. The Balaban J connectivity index is 0.000000570. The number of H-pyrrole nitrogens is 1. The minimum atomic E-state index is -0.329. The Morgan fingerprint density at radius 3 is 1.81 bits per heavy atom. The van der Waals surface area contributed by atoms with Crippen LogP contribution in [0.15, 0.2) is 65.7 Å². The van der Waals surface area contributed by atoms with Crippen LogP contribution < -0.4 is 0 Å². The van der Waals surface area contributed by atoms with E-state index in [0.717, 1.165) is 11.1 Å². The average molecular weight is 348 g/mol. The Kier molecular flexibility index (Phi) is 6.50. The second kappa shape index (κ2) is 8.81. The van der Waals surface area contributed by atoms with Gasteiger partial charge in [-0.15, -0.1) is 0 Å². The number of hydrogen-bond donors (Lipinski definition) is 2. The molecule has 26 heavy (non-hydrogen) atoms. The molecule has 1 aliphatic rings. The summed E-state index contributed by atoms with van der Waals surface area (Å²) >= 11 is 0. The van der Waals surface area contributed by atoms with Crippen LogP contribution in [0.5, 0.6) is 5.88 Å². The van der Waals surface area contributed by atoms with Crippen LogP contribution in [0, 0.1) is 0 Å². The highest BCUT2D eigenvalue weighted by atomic mass is 16.3. The van der Waals surface area contributed by atoms with Crippen LogP contribution in [0.1, 0.15) is 49.2 Å². The van der Waals surface area contributed by atoms with Crippen LogP contribution in [-0.4, -0.2) is 21.7 Å². The minimum Gasteiger partial charge on any atom is -0.494 e. The molecule has 134 valence electrons. The van der Waals surface area contributed by atoms with Crippen molar-refractivity contribution in [2.45, 2.75) is 27.7 Å². The molecule has 2 aromatic carbocycles. The van der Waals surface area contributed by atoms with Crippen LogP contribution >= 0.6 is 0 Å². The molecule has 0 saturated carbocycles. The number of nitrogens with zero attached hydrogens (tertiary/aromatic N) is 1. The second-order valence-corrected chi connectivity index (χ2v) is 5.10.